The summed E-state index contributed by atoms with van der Waals surface area (Å²) in [6, 6.07) is 14.8. The monoisotopic (exact) mass is 624 g/mol. The number of nitrogens with zero attached hydrogens (tertiary/aromatic N) is 7. The molecule has 1 amide bonds. The van der Waals surface area contributed by atoms with Crippen molar-refractivity contribution in [2.45, 2.75) is 53.0 Å². The molecule has 0 aliphatic rings. The van der Waals surface area contributed by atoms with Gasteiger partial charge in [0.15, 0.2) is 5.82 Å². The number of hydrogen-bond acceptors (Lipinski definition) is 7. The summed E-state index contributed by atoms with van der Waals surface area (Å²) >= 11 is 0. The molecular weight excluding hydrogens is 593 g/mol. The van der Waals surface area contributed by atoms with Gasteiger partial charge in [-0.05, 0) is 75.2 Å². The lowest BCUT2D eigenvalue weighted by molar-refractivity contribution is -0.137. The molecule has 4 aromatic heterocycles. The minimum atomic E-state index is -4.52. The summed E-state index contributed by atoms with van der Waals surface area (Å²) in [5, 5.41) is 3.47. The quantitative estimate of drug-likeness (QED) is 0.194. The lowest BCUT2D eigenvalue weighted by Crippen LogP contribution is -2.34. The van der Waals surface area contributed by atoms with Crippen LogP contribution in [0.5, 0.6) is 0 Å². The maximum absolute atomic E-state index is 14.2. The molecule has 0 unspecified atom stereocenters. The molecule has 46 heavy (non-hydrogen) atoms. The largest absolute Gasteiger partial charge is 0.417 e. The van der Waals surface area contributed by atoms with Crippen molar-refractivity contribution < 1.29 is 18.0 Å². The molecule has 1 atom stereocenters. The third-order valence-corrected chi connectivity index (χ3v) is 8.01. The molecule has 1 N–H and O–H groups in total. The van der Waals surface area contributed by atoms with Crippen LogP contribution >= 0.6 is 0 Å². The van der Waals surface area contributed by atoms with Gasteiger partial charge in [-0.15, -0.1) is 0 Å². The molecule has 234 valence electrons. The van der Waals surface area contributed by atoms with Gasteiger partial charge in [0.1, 0.15) is 17.7 Å². The van der Waals surface area contributed by atoms with Crippen LogP contribution in [0.25, 0.3) is 16.6 Å². The SMILES string of the molecule is Cc1ccc(CNc2nc3ccc(C(=O)N(Cc4ccc(C(F)(F)F)cn4)[C@H](C)c4ncccn4)cc3n3cnc(C)c23)c(C)c1. The molecule has 0 saturated carbocycles. The van der Waals surface area contributed by atoms with Crippen LogP contribution in [0.3, 0.4) is 0 Å². The number of hydrogen-bond donors (Lipinski definition) is 1. The Morgan fingerprint density at radius 1 is 0.978 bits per heavy atom. The van der Waals surface area contributed by atoms with Gasteiger partial charge in [-0.25, -0.2) is 19.9 Å². The Morgan fingerprint density at radius 3 is 2.46 bits per heavy atom. The number of aryl methyl sites for hydroxylation is 3. The molecule has 6 aromatic rings. The molecule has 2 aromatic carbocycles. The highest BCUT2D eigenvalue weighted by Crippen LogP contribution is 2.30. The molecule has 0 aliphatic carbocycles. The Hall–Kier alpha value is -5.39. The number of rotatable bonds is 8. The average Bonchev–Trinajstić information content (AvgIpc) is 3.44. The van der Waals surface area contributed by atoms with E-state index in [9.17, 15) is 18.0 Å². The number of nitrogens with one attached hydrogen (secondary N) is 1. The smallest absolute Gasteiger partial charge is 0.364 e. The van der Waals surface area contributed by atoms with Crippen LogP contribution in [-0.2, 0) is 19.3 Å². The predicted octanol–water partition coefficient (Wildman–Crippen LogP) is 7.03. The second-order valence-corrected chi connectivity index (χ2v) is 11.2. The molecule has 6 rings (SSSR count). The van der Waals surface area contributed by atoms with E-state index in [1.54, 1.807) is 49.9 Å². The number of imidazole rings is 1. The third-order valence-electron chi connectivity index (χ3n) is 8.01. The normalized spacial score (nSPS) is 12.4. The third kappa shape index (κ3) is 6.10. The van der Waals surface area contributed by atoms with Crippen molar-refractivity contribution in [2.24, 2.45) is 0 Å². The number of amides is 1. The fourth-order valence-electron chi connectivity index (χ4n) is 5.45. The summed E-state index contributed by atoms with van der Waals surface area (Å²) in [6.07, 6.45) is 1.10. The van der Waals surface area contributed by atoms with Gasteiger partial charge in [-0.2, -0.15) is 13.2 Å². The highest BCUT2D eigenvalue weighted by Gasteiger charge is 2.31. The number of alkyl halides is 3. The number of anilines is 1. The summed E-state index contributed by atoms with van der Waals surface area (Å²) < 4.78 is 41.4. The Kier molecular flexibility index (Phi) is 8.11. The zero-order chi connectivity index (χ0) is 32.6. The van der Waals surface area contributed by atoms with Crippen molar-refractivity contribution in [1.29, 1.82) is 0 Å². The zero-order valence-corrected chi connectivity index (χ0v) is 25.7. The van der Waals surface area contributed by atoms with Gasteiger partial charge in [0.25, 0.3) is 5.91 Å². The minimum Gasteiger partial charge on any atom is -0.364 e. The highest BCUT2D eigenvalue weighted by atomic mass is 19.4. The van der Waals surface area contributed by atoms with E-state index in [1.165, 1.54) is 22.1 Å². The van der Waals surface area contributed by atoms with E-state index in [-0.39, 0.29) is 12.5 Å². The van der Waals surface area contributed by atoms with E-state index in [2.05, 4.69) is 57.3 Å². The summed E-state index contributed by atoms with van der Waals surface area (Å²) in [7, 11) is 0. The number of pyridine rings is 1. The fraction of sp³-hybridized carbons (Fsp3) is 0.235. The summed E-state index contributed by atoms with van der Waals surface area (Å²) in [6.45, 7) is 8.33. The average molecular weight is 625 g/mol. The Morgan fingerprint density at radius 2 is 1.76 bits per heavy atom. The Balaban J connectivity index is 1.36. The van der Waals surface area contributed by atoms with Crippen LogP contribution in [0.1, 0.15) is 62.8 Å². The first-order valence-electron chi connectivity index (χ1n) is 14.7. The number of benzene rings is 2. The molecule has 0 saturated heterocycles. The predicted molar refractivity (Wildman–Crippen MR) is 168 cm³/mol. The fourth-order valence-corrected chi connectivity index (χ4v) is 5.45. The van der Waals surface area contributed by atoms with Crippen LogP contribution in [0, 0.1) is 20.8 Å². The highest BCUT2D eigenvalue weighted by molar-refractivity contribution is 5.98. The first-order valence-corrected chi connectivity index (χ1v) is 14.7. The molecule has 9 nitrogen and oxygen atoms in total. The Labute approximate surface area is 263 Å². The van der Waals surface area contributed by atoms with Crippen LogP contribution < -0.4 is 5.32 Å². The van der Waals surface area contributed by atoms with Crippen LogP contribution in [0.4, 0.5) is 19.0 Å². The van der Waals surface area contributed by atoms with Crippen molar-refractivity contribution in [3.8, 4) is 0 Å². The number of halogens is 3. The molecule has 0 radical (unpaired) electrons. The van der Waals surface area contributed by atoms with Crippen molar-refractivity contribution in [3.63, 3.8) is 0 Å². The summed E-state index contributed by atoms with van der Waals surface area (Å²) in [5.41, 5.74) is 6.22. The molecule has 0 fully saturated rings. The molecule has 0 spiro atoms. The summed E-state index contributed by atoms with van der Waals surface area (Å²) in [5.74, 6) is 0.689. The standard InChI is InChI=1S/C34H31F3N8O/c1-20-6-7-25(21(2)14-20)16-41-32-30-22(3)42-19-45(30)29-15-24(8-11-28(29)43-32)33(46)44(23(4)31-38-12-5-13-39-31)18-27-10-9-26(17-40-27)34(35,36)37/h5-15,17,19,23H,16,18H2,1-4H3,(H,41,43)/t23-/m1/s1. The first-order chi connectivity index (χ1) is 22.0. The van der Waals surface area contributed by atoms with E-state index in [0.29, 0.717) is 40.5 Å². The topological polar surface area (TPSA) is 101 Å². The second-order valence-electron chi connectivity index (χ2n) is 11.2. The van der Waals surface area contributed by atoms with Gasteiger partial charge in [-0.3, -0.25) is 14.2 Å². The van der Waals surface area contributed by atoms with Crippen molar-refractivity contribution >= 4 is 28.3 Å². The van der Waals surface area contributed by atoms with E-state index < -0.39 is 17.8 Å². The van der Waals surface area contributed by atoms with E-state index in [0.717, 1.165) is 29.0 Å². The maximum atomic E-state index is 14.2. The molecule has 0 bridgehead atoms. The van der Waals surface area contributed by atoms with Gasteiger partial charge < -0.3 is 10.2 Å². The van der Waals surface area contributed by atoms with Crippen molar-refractivity contribution in [3.05, 3.63) is 125 Å². The van der Waals surface area contributed by atoms with Crippen LogP contribution in [-0.4, -0.2) is 40.1 Å². The summed E-state index contributed by atoms with van der Waals surface area (Å²) in [4.78, 5) is 37.7. The molecular formula is C34H31F3N8O. The molecule has 4 heterocycles. The van der Waals surface area contributed by atoms with Gasteiger partial charge in [0.05, 0.1) is 40.6 Å². The van der Waals surface area contributed by atoms with Crippen molar-refractivity contribution in [1.82, 2.24) is 34.2 Å². The van der Waals surface area contributed by atoms with E-state index >= 15 is 0 Å². The zero-order valence-electron chi connectivity index (χ0n) is 25.7. The first kappa shape index (κ1) is 30.6. The van der Waals surface area contributed by atoms with E-state index in [1.807, 2.05) is 11.3 Å². The lowest BCUT2D eigenvalue weighted by Gasteiger charge is -2.28. The number of fused-ring (bicyclic) bond motifs is 3. The van der Waals surface area contributed by atoms with Gasteiger partial charge in [0.2, 0.25) is 0 Å². The van der Waals surface area contributed by atoms with Crippen molar-refractivity contribution in [2.75, 3.05) is 5.32 Å². The lowest BCUT2D eigenvalue weighted by atomic mass is 10.1. The van der Waals surface area contributed by atoms with Gasteiger partial charge in [-0.1, -0.05) is 23.8 Å². The second kappa shape index (κ2) is 12.2. The number of carbonyl (C=O) groups is 1. The Bertz CT molecular complexity index is 2040. The van der Waals surface area contributed by atoms with Crippen LogP contribution in [0.2, 0.25) is 0 Å². The van der Waals surface area contributed by atoms with E-state index in [4.69, 9.17) is 4.98 Å². The molecule has 12 heteroatoms. The minimum absolute atomic E-state index is 0.0619. The van der Waals surface area contributed by atoms with Gasteiger partial charge >= 0.3 is 6.18 Å². The number of carbonyl (C=O) groups excluding carboxylic acids is 1. The van der Waals surface area contributed by atoms with Crippen LogP contribution in [0.15, 0.2) is 79.5 Å². The maximum Gasteiger partial charge on any atom is 0.417 e. The molecule has 0 aliphatic heterocycles. The van der Waals surface area contributed by atoms with Gasteiger partial charge in [0, 0.05) is 30.7 Å². The number of aromatic nitrogens is 6.